The number of allylic oxidation sites excluding steroid dienone is 1. The topological polar surface area (TPSA) is 101 Å². The van der Waals surface area contributed by atoms with Gasteiger partial charge in [0.05, 0.1) is 48.2 Å². The van der Waals surface area contributed by atoms with Crippen LogP contribution in [0.3, 0.4) is 0 Å². The number of hydrogen-bond acceptors (Lipinski definition) is 8. The van der Waals surface area contributed by atoms with E-state index in [0.717, 1.165) is 28.2 Å². The maximum atomic E-state index is 14.0. The van der Waals surface area contributed by atoms with Crippen LogP contribution in [0.4, 0.5) is 0 Å². The second-order valence-corrected chi connectivity index (χ2v) is 10.8. The maximum absolute atomic E-state index is 14.0. The largest absolute Gasteiger partial charge is 0.497 e. The van der Waals surface area contributed by atoms with E-state index < -0.39 is 18.0 Å². The average Bonchev–Trinajstić information content (AvgIpc) is 3.45. The van der Waals surface area contributed by atoms with E-state index in [0.29, 0.717) is 31.9 Å². The van der Waals surface area contributed by atoms with Gasteiger partial charge in [0.2, 0.25) is 0 Å². The van der Waals surface area contributed by atoms with Crippen LogP contribution in [-0.2, 0) is 14.3 Å². The van der Waals surface area contributed by atoms with Gasteiger partial charge in [-0.2, -0.15) is 0 Å². The first kappa shape index (κ1) is 28.8. The fourth-order valence-corrected chi connectivity index (χ4v) is 6.29. The molecule has 4 aromatic rings. The Hall–Kier alpha value is -4.70. The first-order chi connectivity index (χ1) is 20.2. The summed E-state index contributed by atoms with van der Waals surface area (Å²) in [7, 11) is 2.94. The Morgan fingerprint density at radius 2 is 1.76 bits per heavy atom. The van der Waals surface area contributed by atoms with Gasteiger partial charge in [0.1, 0.15) is 5.75 Å². The van der Waals surface area contributed by atoms with E-state index in [4.69, 9.17) is 14.2 Å². The summed E-state index contributed by atoms with van der Waals surface area (Å²) in [6.45, 7) is 7.64. The van der Waals surface area contributed by atoms with Gasteiger partial charge in [-0.1, -0.05) is 29.5 Å². The number of aromatic nitrogens is 2. The lowest BCUT2D eigenvalue weighted by atomic mass is 9.96. The lowest BCUT2D eigenvalue weighted by molar-refractivity contribution is -0.139. The first-order valence-corrected chi connectivity index (χ1v) is 14.2. The van der Waals surface area contributed by atoms with Crippen LogP contribution in [0.5, 0.6) is 5.75 Å². The number of carbonyl (C=O) groups excluding carboxylic acids is 2. The van der Waals surface area contributed by atoms with Crippen molar-refractivity contribution in [3.05, 3.63) is 114 Å². The van der Waals surface area contributed by atoms with Crippen molar-refractivity contribution < 1.29 is 23.8 Å². The predicted molar refractivity (Wildman–Crippen MR) is 160 cm³/mol. The van der Waals surface area contributed by atoms with Gasteiger partial charge in [0, 0.05) is 17.1 Å². The van der Waals surface area contributed by atoms with Gasteiger partial charge < -0.3 is 18.8 Å². The van der Waals surface area contributed by atoms with Crippen molar-refractivity contribution in [2.75, 3.05) is 20.8 Å². The molecule has 2 aromatic heterocycles. The number of hydrogen-bond donors (Lipinski definition) is 0. The molecule has 10 heteroatoms. The minimum atomic E-state index is -0.707. The van der Waals surface area contributed by atoms with Crippen LogP contribution in [0.1, 0.15) is 52.8 Å². The Labute approximate surface area is 246 Å². The summed E-state index contributed by atoms with van der Waals surface area (Å²) >= 11 is 1.27. The molecular weight excluding hydrogens is 554 g/mol. The molecule has 0 fully saturated rings. The molecule has 1 aliphatic heterocycles. The van der Waals surface area contributed by atoms with Gasteiger partial charge in [-0.3, -0.25) is 9.36 Å². The maximum Gasteiger partial charge on any atom is 0.338 e. The zero-order chi connectivity index (χ0) is 30.1. The van der Waals surface area contributed by atoms with Gasteiger partial charge in [0.25, 0.3) is 5.56 Å². The molecule has 0 bridgehead atoms. The van der Waals surface area contributed by atoms with Crippen molar-refractivity contribution in [1.82, 2.24) is 9.13 Å². The second-order valence-electron chi connectivity index (χ2n) is 9.78. The highest BCUT2D eigenvalue weighted by molar-refractivity contribution is 7.07. The van der Waals surface area contributed by atoms with Crippen LogP contribution in [0, 0.1) is 13.8 Å². The molecular formula is C32H31N3O6S. The summed E-state index contributed by atoms with van der Waals surface area (Å²) in [4.78, 5) is 44.4. The lowest BCUT2D eigenvalue weighted by Gasteiger charge is -2.24. The third-order valence-electron chi connectivity index (χ3n) is 7.23. The fourth-order valence-electron chi connectivity index (χ4n) is 5.26. The third kappa shape index (κ3) is 5.09. The SMILES string of the molecule is CCOC(=O)C1=C(C)N=c2s/c(=C/c3cc(C)n(-c4cccc(C(=O)OC)c4)c3C)c(=O)n2C1c1ccc(OC)cc1. The number of ether oxygens (including phenoxy) is 3. The van der Waals surface area contributed by atoms with Crippen molar-refractivity contribution in [3.8, 4) is 11.4 Å². The number of carbonyl (C=O) groups is 2. The van der Waals surface area contributed by atoms with Crippen LogP contribution in [-0.4, -0.2) is 41.9 Å². The number of aryl methyl sites for hydroxylation is 1. The Morgan fingerprint density at radius 1 is 1.02 bits per heavy atom. The molecule has 5 rings (SSSR count). The molecule has 0 amide bonds. The normalized spacial score (nSPS) is 14.8. The summed E-state index contributed by atoms with van der Waals surface area (Å²) in [6.07, 6.45) is 1.85. The molecule has 0 N–H and O–H groups in total. The Balaban J connectivity index is 1.66. The van der Waals surface area contributed by atoms with Crippen molar-refractivity contribution in [2.45, 2.75) is 33.7 Å². The number of esters is 2. The number of thiazole rings is 1. The van der Waals surface area contributed by atoms with Gasteiger partial charge in [-0.25, -0.2) is 14.6 Å². The molecule has 0 saturated heterocycles. The summed E-state index contributed by atoms with van der Waals surface area (Å²) < 4.78 is 19.6. The third-order valence-corrected chi connectivity index (χ3v) is 8.21. The number of rotatable bonds is 7. The molecule has 0 aliphatic carbocycles. The molecule has 0 radical (unpaired) electrons. The van der Waals surface area contributed by atoms with Gasteiger partial charge in [0.15, 0.2) is 4.80 Å². The quantitative estimate of drug-likeness (QED) is 0.304. The van der Waals surface area contributed by atoms with Gasteiger partial charge in [-0.05, 0) is 81.3 Å². The summed E-state index contributed by atoms with van der Waals surface area (Å²) in [5, 5.41) is 0. The van der Waals surface area contributed by atoms with Crippen molar-refractivity contribution in [2.24, 2.45) is 4.99 Å². The Bertz CT molecular complexity index is 1910. The molecule has 3 heterocycles. The number of methoxy groups -OCH3 is 2. The molecule has 42 heavy (non-hydrogen) atoms. The lowest BCUT2D eigenvalue weighted by Crippen LogP contribution is -2.39. The molecule has 1 unspecified atom stereocenters. The number of nitrogens with zero attached hydrogens (tertiary/aromatic N) is 3. The summed E-state index contributed by atoms with van der Waals surface area (Å²) in [6, 6.07) is 15.8. The van der Waals surface area contributed by atoms with Crippen molar-refractivity contribution >= 4 is 29.4 Å². The highest BCUT2D eigenvalue weighted by Gasteiger charge is 2.33. The summed E-state index contributed by atoms with van der Waals surface area (Å²) in [5.74, 6) is -0.256. The molecule has 0 saturated carbocycles. The molecule has 9 nitrogen and oxygen atoms in total. The van der Waals surface area contributed by atoms with Gasteiger partial charge in [-0.15, -0.1) is 0 Å². The molecule has 1 atom stereocenters. The number of fused-ring (bicyclic) bond motifs is 1. The van der Waals surface area contributed by atoms with Crippen LogP contribution in [0.25, 0.3) is 11.8 Å². The highest BCUT2D eigenvalue weighted by atomic mass is 32.1. The van der Waals surface area contributed by atoms with E-state index in [1.54, 1.807) is 55.9 Å². The number of benzene rings is 2. The van der Waals surface area contributed by atoms with E-state index in [1.165, 1.54) is 18.4 Å². The monoisotopic (exact) mass is 585 g/mol. The Kier molecular flexibility index (Phi) is 8.00. The standard InChI is InChI=1S/C32H31N3O6S/c1-7-41-31(38)27-19(3)33-32-35(28(27)21-11-13-25(39-5)14-12-21)29(36)26(42-32)17-23-15-18(2)34(20(23)4)24-10-8-9-22(16-24)30(37)40-6/h8-17,28H,7H2,1-6H3/b26-17+. The van der Waals surface area contributed by atoms with E-state index >= 15 is 0 Å². The zero-order valence-corrected chi connectivity index (χ0v) is 25.1. The molecule has 2 aromatic carbocycles. The van der Waals surface area contributed by atoms with Gasteiger partial charge >= 0.3 is 11.9 Å². The fraction of sp³-hybridized carbons (Fsp3) is 0.250. The predicted octanol–water partition coefficient (Wildman–Crippen LogP) is 4.00. The van der Waals surface area contributed by atoms with E-state index in [9.17, 15) is 14.4 Å². The molecule has 0 spiro atoms. The average molecular weight is 586 g/mol. The van der Waals surface area contributed by atoms with E-state index in [-0.39, 0.29) is 12.2 Å². The molecule has 1 aliphatic rings. The van der Waals surface area contributed by atoms with Crippen LogP contribution in [0.15, 0.2) is 75.7 Å². The van der Waals surface area contributed by atoms with E-state index in [1.807, 2.05) is 48.8 Å². The highest BCUT2D eigenvalue weighted by Crippen LogP contribution is 2.31. The van der Waals surface area contributed by atoms with Crippen molar-refractivity contribution in [3.63, 3.8) is 0 Å². The van der Waals surface area contributed by atoms with Crippen LogP contribution in [0.2, 0.25) is 0 Å². The second kappa shape index (κ2) is 11.7. The van der Waals surface area contributed by atoms with Crippen LogP contribution >= 0.6 is 11.3 Å². The smallest absolute Gasteiger partial charge is 0.338 e. The minimum Gasteiger partial charge on any atom is -0.497 e. The van der Waals surface area contributed by atoms with Crippen LogP contribution < -0.4 is 19.6 Å². The Morgan fingerprint density at radius 3 is 2.43 bits per heavy atom. The van der Waals surface area contributed by atoms with Crippen molar-refractivity contribution in [1.29, 1.82) is 0 Å². The minimum absolute atomic E-state index is 0.202. The summed E-state index contributed by atoms with van der Waals surface area (Å²) in [5.41, 5.74) is 5.25. The zero-order valence-electron chi connectivity index (χ0n) is 24.3. The molecule has 216 valence electrons. The first-order valence-electron chi connectivity index (χ1n) is 13.4. The van der Waals surface area contributed by atoms with E-state index in [2.05, 4.69) is 4.99 Å².